The van der Waals surface area contributed by atoms with Crippen molar-refractivity contribution in [3.63, 3.8) is 0 Å². The van der Waals surface area contributed by atoms with Gasteiger partial charge in [-0.15, -0.1) is 0 Å². The average molecular weight is 303 g/mol. The zero-order chi connectivity index (χ0) is 15.3. The van der Waals surface area contributed by atoms with Crippen LogP contribution >= 0.6 is 0 Å². The third kappa shape index (κ3) is 4.70. The first-order valence-electron chi connectivity index (χ1n) is 8.40. The minimum Gasteiger partial charge on any atom is -0.371 e. The normalized spacial score (nSPS) is 17.2. The highest BCUT2D eigenvalue weighted by molar-refractivity contribution is 6.89. The molecule has 1 aromatic rings. The number of nitrogens with one attached hydrogen (secondary N) is 1. The molecule has 0 saturated heterocycles. The van der Waals surface area contributed by atoms with Gasteiger partial charge in [0, 0.05) is 19.0 Å². The minimum atomic E-state index is -1.19. The monoisotopic (exact) mass is 302 g/mol. The molecule has 116 valence electrons. The molecule has 0 radical (unpaired) electrons. The third-order valence-electron chi connectivity index (χ3n) is 4.70. The molecule has 0 amide bonds. The summed E-state index contributed by atoms with van der Waals surface area (Å²) in [6.45, 7) is 10.5. The molecule has 1 atom stereocenters. The van der Waals surface area contributed by atoms with Gasteiger partial charge >= 0.3 is 0 Å². The molecule has 1 unspecified atom stereocenters. The molecule has 21 heavy (non-hydrogen) atoms. The van der Waals surface area contributed by atoms with E-state index < -0.39 is 8.07 Å². The fourth-order valence-corrected chi connectivity index (χ4v) is 4.28. The molecule has 1 aliphatic heterocycles. The first-order valence-corrected chi connectivity index (χ1v) is 11.6. The lowest BCUT2D eigenvalue weighted by molar-refractivity contribution is 0.625. The predicted molar refractivity (Wildman–Crippen MR) is 96.5 cm³/mol. The van der Waals surface area contributed by atoms with Crippen LogP contribution in [0.5, 0.6) is 0 Å². The molecule has 0 aromatic heterocycles. The Morgan fingerprint density at radius 3 is 2.48 bits per heavy atom. The third-order valence-corrected chi connectivity index (χ3v) is 8.36. The first kappa shape index (κ1) is 16.3. The van der Waals surface area contributed by atoms with E-state index in [0.717, 1.165) is 19.4 Å². The van der Waals surface area contributed by atoms with Crippen LogP contribution in [0.3, 0.4) is 0 Å². The summed E-state index contributed by atoms with van der Waals surface area (Å²) in [7, 11) is -1.19. The van der Waals surface area contributed by atoms with Gasteiger partial charge in [-0.2, -0.15) is 0 Å². The van der Waals surface area contributed by atoms with Crippen LogP contribution in [0.25, 0.3) is 0 Å². The quantitative estimate of drug-likeness (QED) is 0.824. The summed E-state index contributed by atoms with van der Waals surface area (Å²) in [5.41, 5.74) is 1.43. The summed E-state index contributed by atoms with van der Waals surface area (Å²) in [4.78, 5) is 4.58. The molecule has 0 aliphatic carbocycles. The smallest absolute Gasteiger partial charge is 0.0965 e. The molecule has 1 heterocycles. The van der Waals surface area contributed by atoms with E-state index in [1.807, 2.05) is 0 Å². The van der Waals surface area contributed by atoms with Gasteiger partial charge in [-0.25, -0.2) is 0 Å². The zero-order valence-corrected chi connectivity index (χ0v) is 15.1. The van der Waals surface area contributed by atoms with Gasteiger partial charge in [-0.1, -0.05) is 55.5 Å². The fraction of sp³-hybridized carbons (Fsp3) is 0.611. The second kappa shape index (κ2) is 7.26. The van der Waals surface area contributed by atoms with Crippen molar-refractivity contribution in [2.24, 2.45) is 4.99 Å². The maximum atomic E-state index is 4.58. The number of benzene rings is 1. The lowest BCUT2D eigenvalue weighted by Crippen LogP contribution is -2.40. The maximum Gasteiger partial charge on any atom is 0.0965 e. The van der Waals surface area contributed by atoms with Gasteiger partial charge in [-0.3, -0.25) is 4.99 Å². The second-order valence-electron chi connectivity index (χ2n) is 6.97. The van der Waals surface area contributed by atoms with Gasteiger partial charge in [0.25, 0.3) is 0 Å². The first-order chi connectivity index (χ1) is 10.0. The lowest BCUT2D eigenvalue weighted by Gasteiger charge is -2.22. The Balaban J connectivity index is 1.92. The van der Waals surface area contributed by atoms with Gasteiger partial charge in [0.15, 0.2) is 0 Å². The summed E-state index contributed by atoms with van der Waals surface area (Å²) in [6, 6.07) is 11.1. The van der Waals surface area contributed by atoms with Gasteiger partial charge in [0.2, 0.25) is 0 Å². The van der Waals surface area contributed by atoms with Gasteiger partial charge in [0.1, 0.15) is 0 Å². The zero-order valence-electron chi connectivity index (χ0n) is 14.1. The Hall–Kier alpha value is -1.09. The van der Waals surface area contributed by atoms with E-state index in [2.05, 4.69) is 61.5 Å². The van der Waals surface area contributed by atoms with E-state index in [0.29, 0.717) is 6.04 Å². The Kier molecular flexibility index (Phi) is 5.62. The summed E-state index contributed by atoms with van der Waals surface area (Å²) >= 11 is 0. The summed E-state index contributed by atoms with van der Waals surface area (Å²) in [6.07, 6.45) is 4.73. The summed E-state index contributed by atoms with van der Waals surface area (Å²) < 4.78 is 0. The molecule has 3 heteroatoms. The van der Waals surface area contributed by atoms with Crippen molar-refractivity contribution in [3.8, 4) is 0 Å². The maximum absolute atomic E-state index is 4.58. The Labute approximate surface area is 131 Å². The van der Waals surface area contributed by atoms with Gasteiger partial charge < -0.3 is 5.32 Å². The van der Waals surface area contributed by atoms with Crippen molar-refractivity contribution in [1.82, 2.24) is 5.32 Å². The highest BCUT2D eigenvalue weighted by atomic mass is 28.3. The topological polar surface area (TPSA) is 24.4 Å². The molecule has 0 spiro atoms. The van der Waals surface area contributed by atoms with Gasteiger partial charge in [0.05, 0.1) is 13.9 Å². The van der Waals surface area contributed by atoms with Crippen LogP contribution in [0.4, 0.5) is 0 Å². The second-order valence-corrected chi connectivity index (χ2v) is 12.0. The van der Waals surface area contributed by atoms with E-state index in [1.54, 1.807) is 5.19 Å². The van der Waals surface area contributed by atoms with Crippen LogP contribution in [-0.2, 0) is 6.42 Å². The van der Waals surface area contributed by atoms with Crippen LogP contribution in [0.15, 0.2) is 29.3 Å². The molecule has 0 fully saturated rings. The summed E-state index contributed by atoms with van der Waals surface area (Å²) in [5.74, 6) is 1.21. The van der Waals surface area contributed by atoms with Crippen LogP contribution in [0, 0.1) is 0 Å². The molecular weight excluding hydrogens is 272 g/mol. The summed E-state index contributed by atoms with van der Waals surface area (Å²) in [5, 5.41) is 5.16. The molecule has 1 N–H and O–H groups in total. The van der Waals surface area contributed by atoms with Crippen LogP contribution in [-0.4, -0.2) is 26.5 Å². The molecule has 0 bridgehead atoms. The number of amidine groups is 1. The molecule has 1 aromatic carbocycles. The van der Waals surface area contributed by atoms with Crippen molar-refractivity contribution < 1.29 is 0 Å². The average Bonchev–Trinajstić information content (AvgIpc) is 2.48. The number of aliphatic imine (C=N–C) groups is 1. The van der Waals surface area contributed by atoms with Crippen molar-refractivity contribution in [2.45, 2.75) is 64.7 Å². The highest BCUT2D eigenvalue weighted by Crippen LogP contribution is 2.11. The largest absolute Gasteiger partial charge is 0.371 e. The highest BCUT2D eigenvalue weighted by Gasteiger charge is 2.20. The Morgan fingerprint density at radius 1 is 1.19 bits per heavy atom. The van der Waals surface area contributed by atoms with Crippen molar-refractivity contribution >= 4 is 19.1 Å². The predicted octanol–water partition coefficient (Wildman–Crippen LogP) is 3.72. The van der Waals surface area contributed by atoms with E-state index in [1.165, 1.54) is 30.3 Å². The molecule has 2 rings (SSSR count). The van der Waals surface area contributed by atoms with E-state index in [-0.39, 0.29) is 0 Å². The number of rotatable bonds is 5. The van der Waals surface area contributed by atoms with Crippen molar-refractivity contribution in [2.75, 3.05) is 6.54 Å². The van der Waals surface area contributed by atoms with Crippen LogP contribution < -0.4 is 10.5 Å². The molecular formula is C18H30N2Si. The Bertz CT molecular complexity index is 476. The van der Waals surface area contributed by atoms with E-state index in [9.17, 15) is 0 Å². The number of nitrogens with zero attached hydrogens (tertiary/aromatic N) is 1. The van der Waals surface area contributed by atoms with Crippen molar-refractivity contribution in [1.29, 1.82) is 0 Å². The lowest BCUT2D eigenvalue weighted by atomic mass is 10.1. The van der Waals surface area contributed by atoms with Gasteiger partial charge in [-0.05, 0) is 31.7 Å². The minimum absolute atomic E-state index is 0.462. The van der Waals surface area contributed by atoms with Crippen molar-refractivity contribution in [3.05, 3.63) is 29.8 Å². The molecule has 1 aliphatic rings. The fourth-order valence-electron chi connectivity index (χ4n) is 2.80. The number of hydrogen-bond donors (Lipinski definition) is 1. The van der Waals surface area contributed by atoms with E-state index >= 15 is 0 Å². The Morgan fingerprint density at radius 2 is 1.90 bits per heavy atom. The SMILES string of the molecule is CC[Si](C)(C)c1ccc(CC(C)NC2=NCCCC2)cc1. The molecule has 2 nitrogen and oxygen atoms in total. The van der Waals surface area contributed by atoms with E-state index in [4.69, 9.17) is 0 Å². The van der Waals surface area contributed by atoms with Crippen LogP contribution in [0.2, 0.25) is 19.1 Å². The number of hydrogen-bond acceptors (Lipinski definition) is 2. The van der Waals surface area contributed by atoms with Crippen LogP contribution in [0.1, 0.15) is 38.7 Å². The standard InChI is InChI=1S/C18H30N2Si/c1-5-21(3,4)17-11-9-16(10-12-17)14-15(2)20-18-8-6-7-13-19-18/h9-12,15H,5-8,13-14H2,1-4H3,(H,19,20). The molecule has 0 saturated carbocycles.